The third-order valence-electron chi connectivity index (χ3n) is 5.97. The first-order valence-corrected chi connectivity index (χ1v) is 11.0. The molecule has 178 valence electrons. The Kier molecular flexibility index (Phi) is 6.85. The van der Waals surface area contributed by atoms with Gasteiger partial charge >= 0.3 is 23.8 Å². The molecule has 1 unspecified atom stereocenters. The van der Waals surface area contributed by atoms with Gasteiger partial charge in [0, 0.05) is 17.4 Å². The number of ether oxygens (including phenoxy) is 1. The van der Waals surface area contributed by atoms with Crippen LogP contribution in [0.3, 0.4) is 0 Å². The van der Waals surface area contributed by atoms with Crippen molar-refractivity contribution >= 4 is 29.3 Å². The number of rotatable bonds is 8. The molecule has 4 rings (SSSR count). The summed E-state index contributed by atoms with van der Waals surface area (Å²) >= 11 is 0. The molecule has 2 aromatic carbocycles. The highest BCUT2D eigenvalue weighted by Gasteiger charge is 2.37. The van der Waals surface area contributed by atoms with E-state index in [0.29, 0.717) is 24.1 Å². The molecule has 1 amide bonds. The van der Waals surface area contributed by atoms with Crippen LogP contribution in [0.25, 0.3) is 0 Å². The van der Waals surface area contributed by atoms with Gasteiger partial charge in [-0.2, -0.15) is 0 Å². The van der Waals surface area contributed by atoms with Gasteiger partial charge in [-0.15, -0.1) is 5.10 Å². The second-order valence-electron chi connectivity index (χ2n) is 8.21. The molecule has 0 bridgehead atoms. The van der Waals surface area contributed by atoms with Gasteiger partial charge in [0.25, 0.3) is 0 Å². The van der Waals surface area contributed by atoms with Crippen molar-refractivity contribution in [2.75, 3.05) is 17.2 Å². The molecule has 0 saturated heterocycles. The lowest BCUT2D eigenvalue weighted by Crippen LogP contribution is -2.32. The first-order valence-electron chi connectivity index (χ1n) is 11.0. The molecule has 34 heavy (non-hydrogen) atoms. The van der Waals surface area contributed by atoms with Crippen LogP contribution in [-0.4, -0.2) is 28.7 Å². The van der Waals surface area contributed by atoms with E-state index >= 15 is 0 Å². The second kappa shape index (κ2) is 9.98. The summed E-state index contributed by atoms with van der Waals surface area (Å²) in [6.07, 6.45) is 1.84. The van der Waals surface area contributed by atoms with Crippen molar-refractivity contribution in [3.63, 3.8) is 0 Å². The summed E-state index contributed by atoms with van der Waals surface area (Å²) in [7, 11) is 0. The molecule has 3 aromatic rings. The summed E-state index contributed by atoms with van der Waals surface area (Å²) in [5.41, 5.74) is 1.89. The van der Waals surface area contributed by atoms with E-state index in [1.54, 1.807) is 19.1 Å². The SMILES string of the molecule is CCOC(=O)C(C)C1CC(c2ccc(NC(=O)c3nnc(Nc4ccc(F)c(F)c4)o3)cc2)C1. The number of halogens is 2. The monoisotopic (exact) mass is 470 g/mol. The van der Waals surface area contributed by atoms with Crippen molar-refractivity contribution in [3.8, 4) is 0 Å². The number of nitrogens with zero attached hydrogens (tertiary/aromatic N) is 2. The standard InChI is InChI=1S/C24H24F2N4O4/c1-3-33-23(32)13(2)15-10-16(11-15)14-4-6-17(7-5-14)27-21(31)22-29-30-24(34-22)28-18-8-9-19(25)20(26)12-18/h4-9,12-13,15-16H,3,10-11H2,1-2H3,(H,27,31)(H,28,30). The topological polar surface area (TPSA) is 106 Å². The van der Waals surface area contributed by atoms with Gasteiger partial charge < -0.3 is 19.8 Å². The molecule has 1 saturated carbocycles. The summed E-state index contributed by atoms with van der Waals surface area (Å²) in [6.45, 7) is 4.11. The number of amides is 1. The van der Waals surface area contributed by atoms with Crippen LogP contribution in [0.2, 0.25) is 0 Å². The third kappa shape index (κ3) is 5.22. The smallest absolute Gasteiger partial charge is 0.320 e. The average molecular weight is 470 g/mol. The van der Waals surface area contributed by atoms with Crippen molar-refractivity contribution in [1.82, 2.24) is 10.2 Å². The van der Waals surface area contributed by atoms with Crippen molar-refractivity contribution in [2.24, 2.45) is 11.8 Å². The van der Waals surface area contributed by atoms with Crippen LogP contribution >= 0.6 is 0 Å². The van der Waals surface area contributed by atoms with Gasteiger partial charge in [-0.25, -0.2) is 8.78 Å². The number of carbonyl (C=O) groups excluding carboxylic acids is 2. The second-order valence-corrected chi connectivity index (χ2v) is 8.21. The molecule has 1 aromatic heterocycles. The first kappa shape index (κ1) is 23.3. The number of hydrogen-bond acceptors (Lipinski definition) is 7. The molecular weight excluding hydrogens is 446 g/mol. The number of benzene rings is 2. The van der Waals surface area contributed by atoms with E-state index in [4.69, 9.17) is 9.15 Å². The Morgan fingerprint density at radius 2 is 1.79 bits per heavy atom. The van der Waals surface area contributed by atoms with Gasteiger partial charge in [-0.1, -0.05) is 24.2 Å². The summed E-state index contributed by atoms with van der Waals surface area (Å²) in [6, 6.07) is 10.5. The zero-order chi connectivity index (χ0) is 24.2. The quantitative estimate of drug-likeness (QED) is 0.445. The molecule has 1 fully saturated rings. The molecule has 0 aliphatic heterocycles. The Morgan fingerprint density at radius 3 is 2.47 bits per heavy atom. The van der Waals surface area contributed by atoms with Crippen LogP contribution in [0.1, 0.15) is 48.9 Å². The highest BCUT2D eigenvalue weighted by Crippen LogP contribution is 2.45. The minimum atomic E-state index is -1.03. The van der Waals surface area contributed by atoms with Crippen LogP contribution in [0.15, 0.2) is 46.9 Å². The van der Waals surface area contributed by atoms with Crippen LogP contribution in [-0.2, 0) is 9.53 Å². The number of esters is 1. The van der Waals surface area contributed by atoms with Gasteiger partial charge in [0.1, 0.15) is 0 Å². The highest BCUT2D eigenvalue weighted by atomic mass is 19.2. The highest BCUT2D eigenvalue weighted by molar-refractivity contribution is 6.00. The normalized spacial score (nSPS) is 18.0. The van der Waals surface area contributed by atoms with Crippen LogP contribution in [0.5, 0.6) is 0 Å². The van der Waals surface area contributed by atoms with Crippen molar-refractivity contribution < 1.29 is 27.5 Å². The van der Waals surface area contributed by atoms with Crippen LogP contribution in [0.4, 0.5) is 26.2 Å². The molecule has 1 atom stereocenters. The van der Waals surface area contributed by atoms with Crippen molar-refractivity contribution in [1.29, 1.82) is 0 Å². The zero-order valence-electron chi connectivity index (χ0n) is 18.7. The van der Waals surface area contributed by atoms with E-state index < -0.39 is 17.5 Å². The Balaban J connectivity index is 1.30. The summed E-state index contributed by atoms with van der Waals surface area (Å²) in [5.74, 6) is -2.47. The molecule has 1 aliphatic carbocycles. The fraction of sp³-hybridized carbons (Fsp3) is 0.333. The van der Waals surface area contributed by atoms with E-state index in [9.17, 15) is 18.4 Å². The molecule has 1 aliphatic rings. The molecule has 0 radical (unpaired) electrons. The first-order chi connectivity index (χ1) is 16.3. The summed E-state index contributed by atoms with van der Waals surface area (Å²) in [5, 5.41) is 12.7. The lowest BCUT2D eigenvalue weighted by atomic mass is 9.66. The molecule has 10 heteroatoms. The molecule has 1 heterocycles. The summed E-state index contributed by atoms with van der Waals surface area (Å²) < 4.78 is 36.7. The number of hydrogen-bond donors (Lipinski definition) is 2. The maximum Gasteiger partial charge on any atom is 0.320 e. The number of carbonyl (C=O) groups is 2. The Labute approximate surface area is 194 Å². The van der Waals surface area contributed by atoms with Crippen LogP contribution in [0, 0.1) is 23.5 Å². The maximum atomic E-state index is 13.3. The number of aromatic nitrogens is 2. The van der Waals surface area contributed by atoms with Gasteiger partial charge in [0.15, 0.2) is 11.6 Å². The Hall–Kier alpha value is -3.82. The zero-order valence-corrected chi connectivity index (χ0v) is 18.7. The molecular formula is C24H24F2N4O4. The number of nitrogens with one attached hydrogen (secondary N) is 2. The van der Waals surface area contributed by atoms with Gasteiger partial charge in [0.2, 0.25) is 0 Å². The maximum absolute atomic E-state index is 13.3. The van der Waals surface area contributed by atoms with E-state index in [1.807, 2.05) is 19.1 Å². The summed E-state index contributed by atoms with van der Waals surface area (Å²) in [4.78, 5) is 24.3. The van der Waals surface area contributed by atoms with Crippen molar-refractivity contribution in [2.45, 2.75) is 32.6 Å². The Bertz CT molecular complexity index is 1180. The van der Waals surface area contributed by atoms with E-state index in [0.717, 1.165) is 30.5 Å². The largest absolute Gasteiger partial charge is 0.466 e. The predicted molar refractivity (Wildman–Crippen MR) is 120 cm³/mol. The lowest BCUT2D eigenvalue weighted by molar-refractivity contribution is -0.150. The minimum Gasteiger partial charge on any atom is -0.466 e. The Morgan fingerprint density at radius 1 is 1.09 bits per heavy atom. The van der Waals surface area contributed by atoms with Crippen molar-refractivity contribution in [3.05, 3.63) is 65.6 Å². The average Bonchev–Trinajstić information content (AvgIpc) is 3.25. The fourth-order valence-electron chi connectivity index (χ4n) is 3.89. The van der Waals surface area contributed by atoms with E-state index in [1.165, 1.54) is 6.07 Å². The number of anilines is 3. The van der Waals surface area contributed by atoms with Crippen LogP contribution < -0.4 is 10.6 Å². The third-order valence-corrected chi connectivity index (χ3v) is 5.97. The van der Waals surface area contributed by atoms with Gasteiger partial charge in [-0.3, -0.25) is 9.59 Å². The molecule has 0 spiro atoms. The molecule has 8 nitrogen and oxygen atoms in total. The fourth-order valence-corrected chi connectivity index (χ4v) is 3.89. The van der Waals surface area contributed by atoms with Gasteiger partial charge in [0.05, 0.1) is 12.5 Å². The van der Waals surface area contributed by atoms with Gasteiger partial charge in [-0.05, 0) is 61.4 Å². The molecule has 2 N–H and O–H groups in total. The predicted octanol–water partition coefficient (Wildman–Crippen LogP) is 5.04. The van der Waals surface area contributed by atoms with E-state index in [2.05, 4.69) is 20.8 Å². The minimum absolute atomic E-state index is 0.106. The van der Waals surface area contributed by atoms with E-state index in [-0.39, 0.29) is 29.5 Å². The lowest BCUT2D eigenvalue weighted by Gasteiger charge is -2.38.